The molecule has 0 aliphatic rings. The number of nitrogens with one attached hydrogen (secondary N) is 1. The third-order valence-corrected chi connectivity index (χ3v) is 4.81. The Morgan fingerprint density at radius 1 is 0.935 bits per heavy atom. The standard InChI is InChI=1S/C23H30N2O6/c1-6-21(23(27)24-2)25(14-16-8-7-9-17(10-16)28-3)22(26)15-31-20-12-18(29-4)11-19(13-20)30-5/h7-13,21H,6,14-15H2,1-5H3,(H,24,27)/t21-/m1/s1. The highest BCUT2D eigenvalue weighted by molar-refractivity contribution is 5.88. The van der Waals surface area contributed by atoms with Gasteiger partial charge in [0.25, 0.3) is 5.91 Å². The molecule has 8 heteroatoms. The van der Waals surface area contributed by atoms with E-state index in [1.54, 1.807) is 32.4 Å². The minimum Gasteiger partial charge on any atom is -0.497 e. The second-order valence-electron chi connectivity index (χ2n) is 6.75. The van der Waals surface area contributed by atoms with Crippen molar-refractivity contribution in [2.75, 3.05) is 35.0 Å². The van der Waals surface area contributed by atoms with Crippen LogP contribution in [0.25, 0.3) is 0 Å². The van der Waals surface area contributed by atoms with E-state index in [1.807, 2.05) is 31.2 Å². The first-order chi connectivity index (χ1) is 14.9. The van der Waals surface area contributed by atoms with Crippen molar-refractivity contribution in [3.05, 3.63) is 48.0 Å². The zero-order chi connectivity index (χ0) is 22.8. The van der Waals surface area contributed by atoms with Crippen LogP contribution in [0.15, 0.2) is 42.5 Å². The van der Waals surface area contributed by atoms with E-state index < -0.39 is 6.04 Å². The summed E-state index contributed by atoms with van der Waals surface area (Å²) in [5.41, 5.74) is 0.845. The summed E-state index contributed by atoms with van der Waals surface area (Å²) in [6.07, 6.45) is 0.461. The van der Waals surface area contributed by atoms with Crippen molar-refractivity contribution in [1.29, 1.82) is 0 Å². The van der Waals surface area contributed by atoms with E-state index in [0.29, 0.717) is 29.4 Å². The van der Waals surface area contributed by atoms with Crippen LogP contribution < -0.4 is 24.3 Å². The third-order valence-electron chi connectivity index (χ3n) is 4.81. The van der Waals surface area contributed by atoms with Crippen LogP contribution in [0.2, 0.25) is 0 Å². The van der Waals surface area contributed by atoms with Gasteiger partial charge in [0.05, 0.1) is 21.3 Å². The summed E-state index contributed by atoms with van der Waals surface area (Å²) in [6, 6.07) is 11.8. The monoisotopic (exact) mass is 430 g/mol. The van der Waals surface area contributed by atoms with Crippen molar-refractivity contribution in [3.63, 3.8) is 0 Å². The molecule has 0 heterocycles. The average Bonchev–Trinajstić information content (AvgIpc) is 2.81. The lowest BCUT2D eigenvalue weighted by Gasteiger charge is -2.30. The van der Waals surface area contributed by atoms with Gasteiger partial charge in [-0.05, 0) is 24.1 Å². The average molecular weight is 431 g/mol. The van der Waals surface area contributed by atoms with Crippen molar-refractivity contribution in [3.8, 4) is 23.0 Å². The molecule has 0 unspecified atom stereocenters. The maximum absolute atomic E-state index is 13.1. The van der Waals surface area contributed by atoms with Crippen molar-refractivity contribution < 1.29 is 28.5 Å². The fourth-order valence-corrected chi connectivity index (χ4v) is 3.15. The molecule has 2 aromatic rings. The Bertz CT molecular complexity index is 864. The smallest absolute Gasteiger partial charge is 0.261 e. The molecule has 0 bridgehead atoms. The Morgan fingerprint density at radius 2 is 1.55 bits per heavy atom. The molecule has 0 aliphatic heterocycles. The van der Waals surface area contributed by atoms with Gasteiger partial charge in [-0.3, -0.25) is 9.59 Å². The number of amides is 2. The van der Waals surface area contributed by atoms with E-state index >= 15 is 0 Å². The molecule has 0 aliphatic carbocycles. The molecule has 0 fully saturated rings. The van der Waals surface area contributed by atoms with Gasteiger partial charge < -0.3 is 29.2 Å². The van der Waals surface area contributed by atoms with Crippen LogP contribution in [-0.4, -0.2) is 57.7 Å². The van der Waals surface area contributed by atoms with Gasteiger partial charge >= 0.3 is 0 Å². The summed E-state index contributed by atoms with van der Waals surface area (Å²) in [5.74, 6) is 1.65. The largest absolute Gasteiger partial charge is 0.497 e. The highest BCUT2D eigenvalue weighted by Crippen LogP contribution is 2.27. The lowest BCUT2D eigenvalue weighted by atomic mass is 10.1. The van der Waals surface area contributed by atoms with E-state index in [4.69, 9.17) is 18.9 Å². The number of carbonyl (C=O) groups is 2. The molecule has 31 heavy (non-hydrogen) atoms. The predicted octanol–water partition coefficient (Wildman–Crippen LogP) is 2.64. The summed E-state index contributed by atoms with van der Waals surface area (Å²) < 4.78 is 21.5. The SMILES string of the molecule is CC[C@H](C(=O)NC)N(Cc1cccc(OC)c1)C(=O)COc1cc(OC)cc(OC)c1. The number of nitrogens with zero attached hydrogens (tertiary/aromatic N) is 1. The Labute approximate surface area is 183 Å². The first-order valence-corrected chi connectivity index (χ1v) is 9.95. The molecule has 0 spiro atoms. The Kier molecular flexibility index (Phi) is 8.99. The summed E-state index contributed by atoms with van der Waals surface area (Å²) in [4.78, 5) is 27.1. The van der Waals surface area contributed by atoms with Crippen LogP contribution in [0, 0.1) is 0 Å². The van der Waals surface area contributed by atoms with Gasteiger partial charge in [0.1, 0.15) is 29.0 Å². The minimum absolute atomic E-state index is 0.234. The van der Waals surface area contributed by atoms with Crippen molar-refractivity contribution >= 4 is 11.8 Å². The molecule has 1 atom stereocenters. The van der Waals surface area contributed by atoms with Crippen LogP contribution in [0.3, 0.4) is 0 Å². The van der Waals surface area contributed by atoms with Gasteiger partial charge in [0.2, 0.25) is 5.91 Å². The molecule has 168 valence electrons. The molecule has 0 radical (unpaired) electrons. The number of likely N-dealkylation sites (N-methyl/N-ethyl adjacent to an activating group) is 1. The van der Waals surface area contributed by atoms with Crippen molar-refractivity contribution in [2.24, 2.45) is 0 Å². The highest BCUT2D eigenvalue weighted by atomic mass is 16.5. The molecular weight excluding hydrogens is 400 g/mol. The first-order valence-electron chi connectivity index (χ1n) is 9.95. The zero-order valence-corrected chi connectivity index (χ0v) is 18.6. The molecule has 1 N–H and O–H groups in total. The van der Waals surface area contributed by atoms with E-state index in [2.05, 4.69) is 5.32 Å². The fourth-order valence-electron chi connectivity index (χ4n) is 3.15. The van der Waals surface area contributed by atoms with Crippen LogP contribution in [0.5, 0.6) is 23.0 Å². The topological polar surface area (TPSA) is 86.3 Å². The highest BCUT2D eigenvalue weighted by Gasteiger charge is 2.28. The molecular formula is C23H30N2O6. The quantitative estimate of drug-likeness (QED) is 0.590. The zero-order valence-electron chi connectivity index (χ0n) is 18.6. The molecule has 0 saturated carbocycles. The van der Waals surface area contributed by atoms with Gasteiger partial charge in [-0.25, -0.2) is 0 Å². The maximum atomic E-state index is 13.1. The van der Waals surface area contributed by atoms with Crippen LogP contribution in [-0.2, 0) is 16.1 Å². The first kappa shape index (κ1) is 23.9. The van der Waals surface area contributed by atoms with E-state index in [0.717, 1.165) is 5.56 Å². The number of carbonyl (C=O) groups excluding carboxylic acids is 2. The predicted molar refractivity (Wildman–Crippen MR) is 117 cm³/mol. The van der Waals surface area contributed by atoms with Crippen LogP contribution >= 0.6 is 0 Å². The third kappa shape index (κ3) is 6.53. The second-order valence-corrected chi connectivity index (χ2v) is 6.75. The van der Waals surface area contributed by atoms with Gasteiger partial charge in [-0.1, -0.05) is 19.1 Å². The number of rotatable bonds is 11. The molecule has 0 saturated heterocycles. The van der Waals surface area contributed by atoms with E-state index in [1.165, 1.54) is 19.1 Å². The van der Waals surface area contributed by atoms with Gasteiger partial charge in [0, 0.05) is 31.8 Å². The normalized spacial score (nSPS) is 11.3. The van der Waals surface area contributed by atoms with Crippen LogP contribution in [0.4, 0.5) is 0 Å². The summed E-state index contributed by atoms with van der Waals surface area (Å²) >= 11 is 0. The Balaban J connectivity index is 2.24. The maximum Gasteiger partial charge on any atom is 0.261 e. The second kappa shape index (κ2) is 11.7. The van der Waals surface area contributed by atoms with Gasteiger partial charge in [-0.2, -0.15) is 0 Å². The number of ether oxygens (including phenoxy) is 4. The molecule has 2 amide bonds. The molecule has 8 nitrogen and oxygen atoms in total. The van der Waals surface area contributed by atoms with E-state index in [-0.39, 0.29) is 25.0 Å². The number of hydrogen-bond acceptors (Lipinski definition) is 6. The Hall–Kier alpha value is -3.42. The van der Waals surface area contributed by atoms with Crippen LogP contribution in [0.1, 0.15) is 18.9 Å². The van der Waals surface area contributed by atoms with E-state index in [9.17, 15) is 9.59 Å². The minimum atomic E-state index is -0.632. The lowest BCUT2D eigenvalue weighted by molar-refractivity contribution is -0.142. The van der Waals surface area contributed by atoms with Gasteiger partial charge in [0.15, 0.2) is 6.61 Å². The number of benzene rings is 2. The fraction of sp³-hybridized carbons (Fsp3) is 0.391. The summed E-state index contributed by atoms with van der Waals surface area (Å²) in [5, 5.41) is 2.63. The Morgan fingerprint density at radius 3 is 2.10 bits per heavy atom. The molecule has 2 rings (SSSR count). The molecule has 2 aromatic carbocycles. The lowest BCUT2D eigenvalue weighted by Crippen LogP contribution is -2.49. The number of methoxy groups -OCH3 is 3. The van der Waals surface area contributed by atoms with Crippen molar-refractivity contribution in [2.45, 2.75) is 25.9 Å². The molecule has 0 aromatic heterocycles. The van der Waals surface area contributed by atoms with Crippen molar-refractivity contribution in [1.82, 2.24) is 10.2 Å². The number of hydrogen-bond donors (Lipinski definition) is 1. The summed E-state index contributed by atoms with van der Waals surface area (Å²) in [6.45, 7) is 1.86. The van der Waals surface area contributed by atoms with Gasteiger partial charge in [-0.15, -0.1) is 0 Å². The summed E-state index contributed by atoms with van der Waals surface area (Å²) in [7, 11) is 6.21.